The Balaban J connectivity index is 1.01. The van der Waals surface area contributed by atoms with Crippen LogP contribution in [-0.2, 0) is 0 Å². The summed E-state index contributed by atoms with van der Waals surface area (Å²) >= 11 is 0. The maximum absolute atomic E-state index is 5.42. The zero-order chi connectivity index (χ0) is 40.3. The maximum Gasteiger partial charge on any atom is 0.0899 e. The lowest BCUT2D eigenvalue weighted by Crippen LogP contribution is -1.96. The second-order valence-corrected chi connectivity index (χ2v) is 15.6. The Labute approximate surface area is 352 Å². The Morgan fingerprint density at radius 1 is 0.328 bits per heavy atom. The predicted octanol–water partition coefficient (Wildman–Crippen LogP) is 14.8. The molecule has 4 heterocycles. The standard InChI is InChI=1S/C57H36N4/c1-2-14-44(15-3-1)61-54-28-27-41(33-49(54)50-36-58-31-29-55(50)61)38-21-23-39(24-22-38)43-34-52(51-20-10-11-30-59-51)60-53(35-43)57-47-18-8-6-16-45(47)56(46-17-7-9-19-48(46)57)42-26-25-37-12-4-5-13-40(37)32-42/h1-36H. The first-order chi connectivity index (χ1) is 30.2. The summed E-state index contributed by atoms with van der Waals surface area (Å²) in [7, 11) is 0. The van der Waals surface area contributed by atoms with Crippen LogP contribution in [0.4, 0.5) is 0 Å². The number of hydrogen-bond acceptors (Lipinski definition) is 3. The van der Waals surface area contributed by atoms with E-state index in [1.807, 2.05) is 36.8 Å². The highest BCUT2D eigenvalue weighted by Crippen LogP contribution is 2.45. The fourth-order valence-electron chi connectivity index (χ4n) is 9.29. The van der Waals surface area contributed by atoms with Crippen LogP contribution in [0.1, 0.15) is 0 Å². The van der Waals surface area contributed by atoms with Crippen molar-refractivity contribution in [1.82, 2.24) is 19.5 Å². The highest BCUT2D eigenvalue weighted by atomic mass is 15.0. The second-order valence-electron chi connectivity index (χ2n) is 15.6. The SMILES string of the molecule is c1ccc(-n2c3ccncc3c3cc(-c4ccc(-c5cc(-c6ccccn6)nc(-c6c7ccccc7c(-c7ccc8ccccc8c7)c7ccccc67)c5)cc4)ccc32)cc1. The number of para-hydroxylation sites is 1. The molecule has 0 saturated heterocycles. The van der Waals surface area contributed by atoms with Crippen LogP contribution in [-0.4, -0.2) is 19.5 Å². The third kappa shape index (κ3) is 5.88. The van der Waals surface area contributed by atoms with Crippen LogP contribution in [0.15, 0.2) is 219 Å². The molecule has 0 bridgehead atoms. The van der Waals surface area contributed by atoms with Crippen molar-refractivity contribution < 1.29 is 0 Å². The molecular weight excluding hydrogens is 741 g/mol. The van der Waals surface area contributed by atoms with Gasteiger partial charge in [-0.05, 0) is 126 Å². The molecule has 12 rings (SSSR count). The van der Waals surface area contributed by atoms with E-state index in [1.165, 1.54) is 38.1 Å². The van der Waals surface area contributed by atoms with E-state index in [2.05, 4.69) is 192 Å². The van der Waals surface area contributed by atoms with E-state index in [0.717, 1.165) is 77.8 Å². The van der Waals surface area contributed by atoms with Gasteiger partial charge in [-0.2, -0.15) is 0 Å². The molecule has 8 aromatic carbocycles. The van der Waals surface area contributed by atoms with Crippen LogP contribution < -0.4 is 0 Å². The average molecular weight is 777 g/mol. The molecule has 0 aliphatic carbocycles. The van der Waals surface area contributed by atoms with Crippen LogP contribution in [0, 0.1) is 0 Å². The Kier molecular flexibility index (Phi) is 8.13. The molecule has 0 N–H and O–H groups in total. The summed E-state index contributed by atoms with van der Waals surface area (Å²) in [6.07, 6.45) is 5.69. The average Bonchev–Trinajstić information content (AvgIpc) is 3.67. The van der Waals surface area contributed by atoms with Gasteiger partial charge in [0.25, 0.3) is 0 Å². The molecule has 4 nitrogen and oxygen atoms in total. The molecule has 12 aromatic rings. The Bertz CT molecular complexity index is 3570. The zero-order valence-electron chi connectivity index (χ0n) is 33.1. The quantitative estimate of drug-likeness (QED) is 0.158. The minimum Gasteiger partial charge on any atom is -0.309 e. The summed E-state index contributed by atoms with van der Waals surface area (Å²) in [6.45, 7) is 0. The summed E-state index contributed by atoms with van der Waals surface area (Å²) in [5.41, 5.74) is 14.1. The first-order valence-corrected chi connectivity index (χ1v) is 20.7. The van der Waals surface area contributed by atoms with Gasteiger partial charge in [-0.3, -0.25) is 9.97 Å². The Morgan fingerprint density at radius 2 is 0.934 bits per heavy atom. The van der Waals surface area contributed by atoms with E-state index < -0.39 is 0 Å². The van der Waals surface area contributed by atoms with E-state index in [-0.39, 0.29) is 0 Å². The van der Waals surface area contributed by atoms with Crippen LogP contribution in [0.25, 0.3) is 116 Å². The number of nitrogens with zero attached hydrogens (tertiary/aromatic N) is 4. The molecule has 0 saturated carbocycles. The van der Waals surface area contributed by atoms with E-state index >= 15 is 0 Å². The summed E-state index contributed by atoms with van der Waals surface area (Å²) in [4.78, 5) is 14.7. The van der Waals surface area contributed by atoms with E-state index in [9.17, 15) is 0 Å². The van der Waals surface area contributed by atoms with Gasteiger partial charge in [0.1, 0.15) is 0 Å². The molecule has 284 valence electrons. The van der Waals surface area contributed by atoms with E-state index in [1.54, 1.807) is 0 Å². The number of hydrogen-bond donors (Lipinski definition) is 0. The topological polar surface area (TPSA) is 43.6 Å². The summed E-state index contributed by atoms with van der Waals surface area (Å²) in [5, 5.41) is 9.50. The Morgan fingerprint density at radius 3 is 1.67 bits per heavy atom. The van der Waals surface area contributed by atoms with Crippen LogP contribution in [0.5, 0.6) is 0 Å². The molecule has 0 unspecified atom stereocenters. The van der Waals surface area contributed by atoms with Crippen LogP contribution in [0.2, 0.25) is 0 Å². The summed E-state index contributed by atoms with van der Waals surface area (Å²) in [6, 6.07) is 71.7. The van der Waals surface area contributed by atoms with Crippen molar-refractivity contribution in [2.24, 2.45) is 0 Å². The van der Waals surface area contributed by atoms with Crippen LogP contribution in [0.3, 0.4) is 0 Å². The molecule has 0 spiro atoms. The van der Waals surface area contributed by atoms with Gasteiger partial charge >= 0.3 is 0 Å². The van der Waals surface area contributed by atoms with Gasteiger partial charge in [0.2, 0.25) is 0 Å². The van der Waals surface area contributed by atoms with E-state index in [0.29, 0.717) is 0 Å². The molecule has 0 radical (unpaired) electrons. The number of aromatic nitrogens is 4. The van der Waals surface area contributed by atoms with Crippen molar-refractivity contribution in [3.8, 4) is 61.7 Å². The highest BCUT2D eigenvalue weighted by molar-refractivity contribution is 6.21. The molecule has 0 fully saturated rings. The molecule has 0 aliphatic rings. The van der Waals surface area contributed by atoms with Gasteiger partial charge < -0.3 is 4.57 Å². The van der Waals surface area contributed by atoms with Crippen molar-refractivity contribution in [3.05, 3.63) is 219 Å². The van der Waals surface area contributed by atoms with Gasteiger partial charge in [-0.15, -0.1) is 0 Å². The van der Waals surface area contributed by atoms with Gasteiger partial charge in [0, 0.05) is 40.6 Å². The largest absolute Gasteiger partial charge is 0.309 e. The Hall–Kier alpha value is -8.21. The fraction of sp³-hybridized carbons (Fsp3) is 0. The number of benzene rings is 8. The van der Waals surface area contributed by atoms with Crippen molar-refractivity contribution in [2.75, 3.05) is 0 Å². The van der Waals surface area contributed by atoms with Crippen molar-refractivity contribution in [2.45, 2.75) is 0 Å². The molecular formula is C57H36N4. The third-order valence-corrected chi connectivity index (χ3v) is 12.1. The van der Waals surface area contributed by atoms with Gasteiger partial charge in [-0.25, -0.2) is 4.98 Å². The molecule has 0 amide bonds. The number of pyridine rings is 3. The lowest BCUT2D eigenvalue weighted by Gasteiger charge is -2.18. The molecule has 4 aromatic heterocycles. The second kappa shape index (κ2) is 14.3. The predicted molar refractivity (Wildman–Crippen MR) is 254 cm³/mol. The molecule has 4 heteroatoms. The first-order valence-electron chi connectivity index (χ1n) is 20.7. The maximum atomic E-state index is 5.42. The van der Waals surface area contributed by atoms with Gasteiger partial charge in [0.05, 0.1) is 28.1 Å². The minimum atomic E-state index is 0.831. The van der Waals surface area contributed by atoms with Gasteiger partial charge in [0.15, 0.2) is 0 Å². The monoisotopic (exact) mass is 776 g/mol. The lowest BCUT2D eigenvalue weighted by atomic mass is 9.86. The van der Waals surface area contributed by atoms with Crippen molar-refractivity contribution in [3.63, 3.8) is 0 Å². The first kappa shape index (κ1) is 34.8. The zero-order valence-corrected chi connectivity index (χ0v) is 33.1. The molecule has 0 aliphatic heterocycles. The third-order valence-electron chi connectivity index (χ3n) is 12.1. The molecule has 0 atom stereocenters. The smallest absolute Gasteiger partial charge is 0.0899 e. The normalized spacial score (nSPS) is 11.6. The summed E-state index contributed by atoms with van der Waals surface area (Å²) < 4.78 is 2.32. The summed E-state index contributed by atoms with van der Waals surface area (Å²) in [5.74, 6) is 0. The van der Waals surface area contributed by atoms with Crippen molar-refractivity contribution >= 4 is 54.1 Å². The lowest BCUT2D eigenvalue weighted by molar-refractivity contribution is 1.17. The number of rotatable bonds is 6. The van der Waals surface area contributed by atoms with E-state index in [4.69, 9.17) is 9.97 Å². The van der Waals surface area contributed by atoms with Gasteiger partial charge in [-0.1, -0.05) is 140 Å². The fourth-order valence-corrected chi connectivity index (χ4v) is 9.29. The highest BCUT2D eigenvalue weighted by Gasteiger charge is 2.20. The molecule has 61 heavy (non-hydrogen) atoms. The minimum absolute atomic E-state index is 0.831. The van der Waals surface area contributed by atoms with Crippen molar-refractivity contribution in [1.29, 1.82) is 0 Å². The number of fused-ring (bicyclic) bond motifs is 6. The van der Waals surface area contributed by atoms with Crippen LogP contribution >= 0.6 is 0 Å².